The fraction of sp³-hybridized carbons (Fsp3) is 0.269. The molecule has 35 heavy (non-hydrogen) atoms. The predicted octanol–water partition coefficient (Wildman–Crippen LogP) is 4.28. The van der Waals surface area contributed by atoms with E-state index in [9.17, 15) is 18.7 Å². The normalized spacial score (nSPS) is 12.9. The van der Waals surface area contributed by atoms with E-state index in [1.807, 2.05) is 35.6 Å². The zero-order valence-corrected chi connectivity index (χ0v) is 21.4. The number of allylic oxidation sites excluding steroid dienone is 6. The number of nitrogens with one attached hydrogen (secondary N) is 1. The smallest absolute Gasteiger partial charge is 0.312 e. The Bertz CT molecular complexity index is 1050. The van der Waals surface area contributed by atoms with Crippen LogP contribution in [0.1, 0.15) is 26.3 Å². The molecule has 0 spiro atoms. The molecule has 0 aliphatic heterocycles. The Morgan fingerprint density at radius 3 is 2.43 bits per heavy atom. The van der Waals surface area contributed by atoms with Gasteiger partial charge in [0.15, 0.2) is 0 Å². The third kappa shape index (κ3) is 14.9. The van der Waals surface area contributed by atoms with Crippen molar-refractivity contribution < 1.29 is 13.8 Å². The molecule has 0 bridgehead atoms. The zero-order chi connectivity index (χ0) is 26.6. The molecule has 1 aromatic carbocycles. The topological polar surface area (TPSA) is 120 Å². The maximum Gasteiger partial charge on any atom is 0.312 e. The molecule has 9 heteroatoms. The van der Waals surface area contributed by atoms with Crippen molar-refractivity contribution in [3.63, 3.8) is 0 Å². The summed E-state index contributed by atoms with van der Waals surface area (Å²) in [5.41, 5.74) is 2.04. The minimum Gasteiger partial charge on any atom is -0.327 e. The van der Waals surface area contributed by atoms with Gasteiger partial charge in [0.25, 0.3) is 0 Å². The van der Waals surface area contributed by atoms with Crippen molar-refractivity contribution in [1.29, 1.82) is 5.26 Å². The van der Waals surface area contributed by atoms with Crippen LogP contribution in [0.5, 0.6) is 0 Å². The summed E-state index contributed by atoms with van der Waals surface area (Å²) < 4.78 is 13.4. The van der Waals surface area contributed by atoms with Gasteiger partial charge in [-0.3, -0.25) is 9.59 Å². The number of carbonyl (C=O) groups excluding carboxylic acids is 2. The van der Waals surface area contributed by atoms with Gasteiger partial charge in [-0.25, -0.2) is 8.51 Å². The van der Waals surface area contributed by atoms with E-state index in [-0.39, 0.29) is 17.1 Å². The Labute approximate surface area is 210 Å². The molecule has 186 valence electrons. The summed E-state index contributed by atoms with van der Waals surface area (Å²) in [6.07, 6.45) is 9.78. The molecule has 1 unspecified atom stereocenters. The highest BCUT2D eigenvalue weighted by Gasteiger charge is 2.05. The van der Waals surface area contributed by atoms with Gasteiger partial charge >= 0.3 is 5.91 Å². The van der Waals surface area contributed by atoms with Crippen LogP contribution >= 0.6 is 0 Å². The fourth-order valence-electron chi connectivity index (χ4n) is 2.39. The van der Waals surface area contributed by atoms with E-state index in [0.29, 0.717) is 11.4 Å². The SMILES string of the molecule is C/C=C/C(=O)N/C(C)=C/C=C(C#N)\C=C(/C)C(=O)N=O.C=CCS(=O)N(C)CCc1ccccc1. The van der Waals surface area contributed by atoms with E-state index in [2.05, 4.69) is 29.2 Å². The van der Waals surface area contributed by atoms with Gasteiger partial charge in [0.1, 0.15) is 0 Å². The third-order valence-corrected chi connectivity index (χ3v) is 5.64. The summed E-state index contributed by atoms with van der Waals surface area (Å²) in [4.78, 5) is 32.3. The lowest BCUT2D eigenvalue weighted by atomic mass is 10.1. The number of nitrogens with zero attached hydrogens (tertiary/aromatic N) is 3. The van der Waals surface area contributed by atoms with Crippen LogP contribution in [-0.4, -0.2) is 39.7 Å². The molecule has 1 atom stereocenters. The largest absolute Gasteiger partial charge is 0.327 e. The van der Waals surface area contributed by atoms with Gasteiger partial charge in [-0.1, -0.05) is 42.5 Å². The van der Waals surface area contributed by atoms with E-state index in [1.54, 1.807) is 26.0 Å². The quantitative estimate of drug-likeness (QED) is 0.161. The van der Waals surface area contributed by atoms with Crippen molar-refractivity contribution in [2.24, 2.45) is 5.18 Å². The van der Waals surface area contributed by atoms with Crippen molar-refractivity contribution in [2.75, 3.05) is 19.3 Å². The Morgan fingerprint density at radius 1 is 1.23 bits per heavy atom. The summed E-state index contributed by atoms with van der Waals surface area (Å²) in [7, 11) is 0.954. The van der Waals surface area contributed by atoms with Crippen LogP contribution in [0.3, 0.4) is 0 Å². The summed E-state index contributed by atoms with van der Waals surface area (Å²) >= 11 is 0. The number of hydrogen-bond acceptors (Lipinski definition) is 5. The standard InChI is InChI=1S/C14H15N3O3.C12H17NOS/c1-4-5-13(18)16-11(3)6-7-12(9-15)8-10(2)14(19)17-20;1-3-11-15(14)13(2)10-9-12-7-5-4-6-8-12/h4-8H,1-3H3,(H,16,18);3-8H,1,9-11H2,2H3/b5-4+,10-8+,11-6+,12-7+;. The number of rotatable bonds is 11. The average molecular weight is 497 g/mol. The molecule has 0 saturated heterocycles. The molecular weight excluding hydrogens is 464 g/mol. The minimum atomic E-state index is -0.923. The van der Waals surface area contributed by atoms with Crippen molar-refractivity contribution >= 4 is 22.8 Å². The van der Waals surface area contributed by atoms with Gasteiger partial charge in [0, 0.05) is 23.0 Å². The lowest BCUT2D eigenvalue weighted by Gasteiger charge is -2.14. The number of benzene rings is 1. The second-order valence-corrected chi connectivity index (χ2v) is 8.76. The molecule has 0 aromatic heterocycles. The van der Waals surface area contributed by atoms with Gasteiger partial charge in [0.2, 0.25) is 5.91 Å². The van der Waals surface area contributed by atoms with Crippen LogP contribution in [0.25, 0.3) is 0 Å². The number of carbonyl (C=O) groups is 2. The highest BCUT2D eigenvalue weighted by molar-refractivity contribution is 7.82. The molecule has 0 heterocycles. The van der Waals surface area contributed by atoms with E-state index >= 15 is 0 Å². The van der Waals surface area contributed by atoms with E-state index in [0.717, 1.165) is 13.0 Å². The van der Waals surface area contributed by atoms with Gasteiger partial charge in [0.05, 0.1) is 28.4 Å². The monoisotopic (exact) mass is 496 g/mol. The maximum absolute atomic E-state index is 11.5. The first-order chi connectivity index (χ1) is 16.7. The van der Waals surface area contributed by atoms with Crippen LogP contribution in [0.4, 0.5) is 0 Å². The van der Waals surface area contributed by atoms with E-state index in [4.69, 9.17) is 5.26 Å². The predicted molar refractivity (Wildman–Crippen MR) is 141 cm³/mol. The molecule has 0 fully saturated rings. The van der Waals surface area contributed by atoms with Crippen LogP contribution in [0.2, 0.25) is 0 Å². The number of nitriles is 1. The van der Waals surface area contributed by atoms with Gasteiger partial charge in [-0.2, -0.15) is 5.26 Å². The first-order valence-corrected chi connectivity index (χ1v) is 12.0. The number of likely N-dealkylation sites (N-methyl/N-ethyl adjacent to an activating group) is 1. The first-order valence-electron chi connectivity index (χ1n) is 10.7. The lowest BCUT2D eigenvalue weighted by molar-refractivity contribution is -0.116. The van der Waals surface area contributed by atoms with Gasteiger partial charge < -0.3 is 5.32 Å². The number of amides is 2. The van der Waals surface area contributed by atoms with Crippen molar-refractivity contribution in [2.45, 2.75) is 27.2 Å². The molecule has 2 amide bonds. The Hall–Kier alpha value is -3.74. The van der Waals surface area contributed by atoms with Crippen LogP contribution in [0, 0.1) is 16.2 Å². The summed E-state index contributed by atoms with van der Waals surface area (Å²) in [6.45, 7) is 9.15. The maximum atomic E-state index is 11.5. The second kappa shape index (κ2) is 18.7. The third-order valence-electron chi connectivity index (χ3n) is 4.24. The highest BCUT2D eigenvalue weighted by Crippen LogP contribution is 2.05. The Morgan fingerprint density at radius 2 is 1.89 bits per heavy atom. The number of hydrogen-bond donors (Lipinski definition) is 1. The summed E-state index contributed by atoms with van der Waals surface area (Å²) in [6, 6.07) is 12.1. The van der Waals surface area contributed by atoms with Crippen molar-refractivity contribution in [1.82, 2.24) is 9.62 Å². The fourth-order valence-corrected chi connectivity index (χ4v) is 3.14. The number of nitroso groups, excluding NO2 is 1. The summed E-state index contributed by atoms with van der Waals surface area (Å²) in [5, 5.41) is 13.7. The van der Waals surface area contributed by atoms with Crippen LogP contribution in [0.15, 0.2) is 95.4 Å². The Balaban J connectivity index is 0.000000686. The van der Waals surface area contributed by atoms with Crippen LogP contribution < -0.4 is 5.32 Å². The molecule has 0 saturated carbocycles. The molecule has 1 aromatic rings. The van der Waals surface area contributed by atoms with Crippen molar-refractivity contribution in [3.05, 3.63) is 101 Å². The molecule has 0 aliphatic carbocycles. The molecule has 0 radical (unpaired) electrons. The van der Waals surface area contributed by atoms with Crippen LogP contribution in [-0.2, 0) is 27.0 Å². The Kier molecular flexibility index (Phi) is 16.7. The lowest BCUT2D eigenvalue weighted by Crippen LogP contribution is -2.25. The molecule has 1 rings (SSSR count). The molecule has 8 nitrogen and oxygen atoms in total. The van der Waals surface area contributed by atoms with E-state index in [1.165, 1.54) is 36.8 Å². The average Bonchev–Trinajstić information content (AvgIpc) is 2.85. The van der Waals surface area contributed by atoms with Gasteiger partial charge in [-0.05, 0) is 64.1 Å². The second-order valence-electron chi connectivity index (χ2n) is 7.16. The van der Waals surface area contributed by atoms with Gasteiger partial charge in [-0.15, -0.1) is 11.5 Å². The molecule has 1 N–H and O–H groups in total. The first kappa shape index (κ1) is 31.3. The molecule has 0 aliphatic rings. The minimum absolute atomic E-state index is 0.0665. The summed E-state index contributed by atoms with van der Waals surface area (Å²) in [5.74, 6) is -0.667. The van der Waals surface area contributed by atoms with E-state index < -0.39 is 16.9 Å². The van der Waals surface area contributed by atoms with Crippen molar-refractivity contribution in [3.8, 4) is 6.07 Å². The highest BCUT2D eigenvalue weighted by atomic mass is 32.2. The zero-order valence-electron chi connectivity index (χ0n) is 20.6. The molecular formula is C26H32N4O4S.